The maximum atomic E-state index is 9.56. The van der Waals surface area contributed by atoms with E-state index >= 15 is 0 Å². The van der Waals surface area contributed by atoms with Crippen LogP contribution in [0.25, 0.3) is 10.9 Å². The van der Waals surface area contributed by atoms with E-state index in [9.17, 15) is 10.2 Å². The van der Waals surface area contributed by atoms with Gasteiger partial charge >= 0.3 is 0 Å². The van der Waals surface area contributed by atoms with Crippen molar-refractivity contribution in [3.63, 3.8) is 0 Å². The van der Waals surface area contributed by atoms with Gasteiger partial charge < -0.3 is 19.8 Å². The average Bonchev–Trinajstić information content (AvgIpc) is 2.53. The average molecular weight is 274 g/mol. The first-order valence-electron chi connectivity index (χ1n) is 6.78. The third-order valence-corrected chi connectivity index (χ3v) is 3.69. The van der Waals surface area contributed by atoms with Gasteiger partial charge in [0.25, 0.3) is 0 Å². The molecule has 1 unspecified atom stereocenters. The number of aliphatic hydroxyl groups is 2. The molecular formula is C15H18N2O3. The first kappa shape index (κ1) is 13.3. The molecule has 0 radical (unpaired) electrons. The zero-order chi connectivity index (χ0) is 13.9. The lowest BCUT2D eigenvalue weighted by Gasteiger charge is -2.35. The lowest BCUT2D eigenvalue weighted by Crippen LogP contribution is -2.48. The standard InChI is InChI=1S/C15H18N2O3/c18-8-11-7-15(16-14-4-2-1-3-13(11)14)17-5-6-20-10-12(17)9-19/h1-4,7,12,18-19H,5-6,8-10H2. The van der Waals surface area contributed by atoms with E-state index in [1.807, 2.05) is 30.3 Å². The van der Waals surface area contributed by atoms with E-state index in [4.69, 9.17) is 4.74 Å². The van der Waals surface area contributed by atoms with Crippen LogP contribution in [0.1, 0.15) is 5.56 Å². The van der Waals surface area contributed by atoms with Gasteiger partial charge in [-0.1, -0.05) is 18.2 Å². The van der Waals surface area contributed by atoms with Crippen molar-refractivity contribution in [1.29, 1.82) is 0 Å². The molecule has 0 aliphatic carbocycles. The van der Waals surface area contributed by atoms with Gasteiger partial charge in [0.15, 0.2) is 0 Å². The largest absolute Gasteiger partial charge is 0.394 e. The minimum Gasteiger partial charge on any atom is -0.394 e. The molecule has 1 aliphatic rings. The van der Waals surface area contributed by atoms with Gasteiger partial charge in [0.2, 0.25) is 0 Å². The Kier molecular flexibility index (Phi) is 3.82. The molecule has 2 aromatic rings. The van der Waals surface area contributed by atoms with E-state index in [1.165, 1.54) is 0 Å². The highest BCUT2D eigenvalue weighted by Gasteiger charge is 2.24. The van der Waals surface area contributed by atoms with Gasteiger partial charge in [0.1, 0.15) is 5.82 Å². The highest BCUT2D eigenvalue weighted by atomic mass is 16.5. The van der Waals surface area contributed by atoms with E-state index in [1.54, 1.807) is 0 Å². The van der Waals surface area contributed by atoms with Crippen LogP contribution in [0, 0.1) is 0 Å². The van der Waals surface area contributed by atoms with Gasteiger partial charge in [-0.05, 0) is 17.7 Å². The summed E-state index contributed by atoms with van der Waals surface area (Å²) in [5.41, 5.74) is 1.71. The molecule has 1 aromatic heterocycles. The highest BCUT2D eigenvalue weighted by molar-refractivity contribution is 5.84. The van der Waals surface area contributed by atoms with Crippen LogP contribution in [0.4, 0.5) is 5.82 Å². The SMILES string of the molecule is OCc1cc(N2CCOCC2CO)nc2ccccc12. The summed E-state index contributed by atoms with van der Waals surface area (Å²) in [6.07, 6.45) is 0. The molecule has 5 heteroatoms. The van der Waals surface area contributed by atoms with Crippen molar-refractivity contribution in [3.8, 4) is 0 Å². The molecule has 1 aromatic carbocycles. The predicted molar refractivity (Wildman–Crippen MR) is 76.7 cm³/mol. The molecule has 20 heavy (non-hydrogen) atoms. The zero-order valence-corrected chi connectivity index (χ0v) is 11.2. The van der Waals surface area contributed by atoms with Crippen molar-refractivity contribution >= 4 is 16.7 Å². The highest BCUT2D eigenvalue weighted by Crippen LogP contribution is 2.25. The summed E-state index contributed by atoms with van der Waals surface area (Å²) in [5, 5.41) is 20.0. The molecule has 0 bridgehead atoms. The van der Waals surface area contributed by atoms with Crippen molar-refractivity contribution < 1.29 is 14.9 Å². The van der Waals surface area contributed by atoms with Gasteiger partial charge in [-0.15, -0.1) is 0 Å². The number of anilines is 1. The fourth-order valence-electron chi connectivity index (χ4n) is 2.62. The topological polar surface area (TPSA) is 65.8 Å². The molecule has 3 rings (SSSR count). The number of pyridine rings is 1. The molecule has 0 saturated carbocycles. The summed E-state index contributed by atoms with van der Waals surface area (Å²) in [6.45, 7) is 1.83. The first-order valence-corrected chi connectivity index (χ1v) is 6.78. The Morgan fingerprint density at radius 1 is 1.30 bits per heavy atom. The monoisotopic (exact) mass is 274 g/mol. The minimum absolute atomic E-state index is 0.0236. The van der Waals surface area contributed by atoms with Crippen LogP contribution in [0.15, 0.2) is 30.3 Å². The summed E-state index contributed by atoms with van der Waals surface area (Å²) in [6, 6.07) is 9.59. The molecule has 1 atom stereocenters. The number of para-hydroxylation sites is 1. The number of benzene rings is 1. The zero-order valence-electron chi connectivity index (χ0n) is 11.2. The Labute approximate surface area is 117 Å². The Hall–Kier alpha value is -1.69. The second kappa shape index (κ2) is 5.75. The quantitative estimate of drug-likeness (QED) is 0.871. The van der Waals surface area contributed by atoms with Crippen LogP contribution >= 0.6 is 0 Å². The smallest absolute Gasteiger partial charge is 0.130 e. The summed E-state index contributed by atoms with van der Waals surface area (Å²) in [5.74, 6) is 0.787. The minimum atomic E-state index is -0.0797. The fourth-order valence-corrected chi connectivity index (χ4v) is 2.62. The van der Waals surface area contributed by atoms with Gasteiger partial charge in [0.05, 0.1) is 38.0 Å². The van der Waals surface area contributed by atoms with Gasteiger partial charge in [0, 0.05) is 11.9 Å². The lowest BCUT2D eigenvalue weighted by molar-refractivity contribution is 0.0723. The number of hydrogen-bond donors (Lipinski definition) is 2. The molecule has 106 valence electrons. The summed E-state index contributed by atoms with van der Waals surface area (Å²) in [4.78, 5) is 6.70. The van der Waals surface area contributed by atoms with E-state index in [0.29, 0.717) is 19.8 Å². The van der Waals surface area contributed by atoms with Crippen LogP contribution in [0.5, 0.6) is 0 Å². The normalized spacial score (nSPS) is 19.5. The lowest BCUT2D eigenvalue weighted by atomic mass is 10.1. The van der Waals surface area contributed by atoms with Gasteiger partial charge in [-0.2, -0.15) is 0 Å². The number of rotatable bonds is 3. The maximum absolute atomic E-state index is 9.56. The second-order valence-electron chi connectivity index (χ2n) is 4.92. The second-order valence-corrected chi connectivity index (χ2v) is 4.92. The number of hydrogen-bond acceptors (Lipinski definition) is 5. The number of fused-ring (bicyclic) bond motifs is 1. The summed E-state index contributed by atoms with van der Waals surface area (Å²) >= 11 is 0. The van der Waals surface area contributed by atoms with Crippen molar-refractivity contribution in [3.05, 3.63) is 35.9 Å². The Bertz CT molecular complexity index is 603. The van der Waals surface area contributed by atoms with Gasteiger partial charge in [-0.3, -0.25) is 0 Å². The molecule has 0 spiro atoms. The fraction of sp³-hybridized carbons (Fsp3) is 0.400. The van der Waals surface area contributed by atoms with Crippen molar-refractivity contribution in [2.24, 2.45) is 0 Å². The Morgan fingerprint density at radius 3 is 2.95 bits per heavy atom. The van der Waals surface area contributed by atoms with Crippen LogP contribution in [-0.2, 0) is 11.3 Å². The van der Waals surface area contributed by atoms with E-state index in [-0.39, 0.29) is 19.3 Å². The Balaban J connectivity index is 2.06. The predicted octanol–water partition coefficient (Wildman–Crippen LogP) is 0.925. The molecule has 1 saturated heterocycles. The molecule has 1 fully saturated rings. The summed E-state index contributed by atoms with van der Waals surface area (Å²) < 4.78 is 5.39. The third-order valence-electron chi connectivity index (χ3n) is 3.69. The van der Waals surface area contributed by atoms with Gasteiger partial charge in [-0.25, -0.2) is 4.98 Å². The van der Waals surface area contributed by atoms with Crippen LogP contribution in [0.2, 0.25) is 0 Å². The molecule has 5 nitrogen and oxygen atoms in total. The maximum Gasteiger partial charge on any atom is 0.130 e. The number of nitrogens with zero attached hydrogens (tertiary/aromatic N) is 2. The van der Waals surface area contributed by atoms with Crippen molar-refractivity contribution in [1.82, 2.24) is 4.98 Å². The van der Waals surface area contributed by atoms with Crippen molar-refractivity contribution in [2.75, 3.05) is 31.3 Å². The molecule has 2 heterocycles. The first-order chi connectivity index (χ1) is 9.83. The van der Waals surface area contributed by atoms with Crippen LogP contribution in [0.3, 0.4) is 0 Å². The van der Waals surface area contributed by atoms with E-state index in [2.05, 4.69) is 9.88 Å². The third kappa shape index (κ3) is 2.35. The van der Waals surface area contributed by atoms with Crippen LogP contribution < -0.4 is 4.90 Å². The summed E-state index contributed by atoms with van der Waals surface area (Å²) in [7, 11) is 0. The Morgan fingerprint density at radius 2 is 2.15 bits per heavy atom. The molecule has 2 N–H and O–H groups in total. The molecule has 1 aliphatic heterocycles. The van der Waals surface area contributed by atoms with E-state index in [0.717, 1.165) is 22.3 Å². The number of ether oxygens (including phenoxy) is 1. The van der Waals surface area contributed by atoms with Crippen molar-refractivity contribution in [2.45, 2.75) is 12.6 Å². The molecular weight excluding hydrogens is 256 g/mol. The van der Waals surface area contributed by atoms with Crippen LogP contribution in [-0.4, -0.2) is 47.6 Å². The van der Waals surface area contributed by atoms with E-state index < -0.39 is 0 Å². The molecule has 0 amide bonds. The number of aliphatic hydroxyl groups excluding tert-OH is 2. The number of aromatic nitrogens is 1. The number of morpholine rings is 1.